The second-order valence-electron chi connectivity index (χ2n) is 6.50. The summed E-state index contributed by atoms with van der Waals surface area (Å²) in [6.45, 7) is 0.381. The van der Waals surface area contributed by atoms with Crippen LogP contribution in [0.15, 0.2) is 45.9 Å². The highest BCUT2D eigenvalue weighted by atomic mass is 32.2. The van der Waals surface area contributed by atoms with Gasteiger partial charge in [0.1, 0.15) is 5.82 Å². The fourth-order valence-electron chi connectivity index (χ4n) is 3.45. The number of benzene rings is 1. The van der Waals surface area contributed by atoms with Crippen LogP contribution >= 0.6 is 0 Å². The Bertz CT molecular complexity index is 884. The highest BCUT2D eigenvalue weighted by Gasteiger charge is 2.36. The van der Waals surface area contributed by atoms with Gasteiger partial charge >= 0.3 is 0 Å². The van der Waals surface area contributed by atoms with Gasteiger partial charge in [-0.15, -0.1) is 0 Å². The van der Waals surface area contributed by atoms with Gasteiger partial charge in [-0.05, 0) is 49.7 Å². The minimum absolute atomic E-state index is 0.0638. The van der Waals surface area contributed by atoms with Gasteiger partial charge in [0.2, 0.25) is 5.09 Å². The molecule has 0 unspecified atom stereocenters. The molecule has 2 aromatic rings. The molecular formula is C18H21FN2O4S. The molecular weight excluding hydrogens is 359 g/mol. The van der Waals surface area contributed by atoms with E-state index in [1.54, 1.807) is 12.1 Å². The van der Waals surface area contributed by atoms with Gasteiger partial charge in [0, 0.05) is 12.0 Å². The molecule has 1 heterocycles. The lowest BCUT2D eigenvalue weighted by Gasteiger charge is -2.29. The molecule has 1 aliphatic carbocycles. The number of halogens is 1. The molecule has 140 valence electrons. The van der Waals surface area contributed by atoms with E-state index in [-0.39, 0.29) is 22.1 Å². The van der Waals surface area contributed by atoms with Gasteiger partial charge in [0.15, 0.2) is 5.76 Å². The highest BCUT2D eigenvalue weighted by Crippen LogP contribution is 2.40. The van der Waals surface area contributed by atoms with Crippen LogP contribution in [0.2, 0.25) is 0 Å². The summed E-state index contributed by atoms with van der Waals surface area (Å²) in [5.41, 5.74) is 0.755. The van der Waals surface area contributed by atoms with Crippen molar-refractivity contribution < 1.29 is 22.0 Å². The van der Waals surface area contributed by atoms with Crippen molar-refractivity contribution >= 4 is 15.9 Å². The van der Waals surface area contributed by atoms with Crippen LogP contribution in [0.3, 0.4) is 0 Å². The third-order valence-electron chi connectivity index (χ3n) is 4.94. The lowest BCUT2D eigenvalue weighted by molar-refractivity contribution is 0.0910. The standard InChI is InChI=1S/C18H21FN2O4S/c1-20-26(23,24)16-9-8-15(25-16)17(22)21-12-18(10-2-3-11-18)13-4-6-14(19)7-5-13/h4-9,20H,2-3,10-12H2,1H3,(H,21,22). The quantitative estimate of drug-likeness (QED) is 0.806. The molecule has 1 aromatic heterocycles. The summed E-state index contributed by atoms with van der Waals surface area (Å²) in [5.74, 6) is -0.832. The van der Waals surface area contributed by atoms with E-state index in [1.807, 2.05) is 0 Å². The molecule has 0 spiro atoms. The average Bonchev–Trinajstić information content (AvgIpc) is 3.31. The van der Waals surface area contributed by atoms with Gasteiger partial charge < -0.3 is 9.73 Å². The maximum Gasteiger partial charge on any atom is 0.287 e. The van der Waals surface area contributed by atoms with Gasteiger partial charge in [-0.2, -0.15) is 0 Å². The van der Waals surface area contributed by atoms with Crippen molar-refractivity contribution in [3.8, 4) is 0 Å². The molecule has 1 fully saturated rings. The summed E-state index contributed by atoms with van der Waals surface area (Å²) in [5, 5.41) is 2.53. The van der Waals surface area contributed by atoms with E-state index in [0.29, 0.717) is 6.54 Å². The molecule has 8 heteroatoms. The molecule has 0 aliphatic heterocycles. The van der Waals surface area contributed by atoms with Crippen molar-refractivity contribution in [1.82, 2.24) is 10.0 Å². The van der Waals surface area contributed by atoms with Crippen LogP contribution in [0.25, 0.3) is 0 Å². The van der Waals surface area contributed by atoms with Crippen molar-refractivity contribution in [3.63, 3.8) is 0 Å². The number of sulfonamides is 1. The van der Waals surface area contributed by atoms with Crippen molar-refractivity contribution in [2.24, 2.45) is 0 Å². The summed E-state index contributed by atoms with van der Waals surface area (Å²) in [6.07, 6.45) is 3.88. The molecule has 6 nitrogen and oxygen atoms in total. The molecule has 0 radical (unpaired) electrons. The first-order valence-electron chi connectivity index (χ1n) is 8.44. The zero-order chi connectivity index (χ0) is 18.8. The summed E-state index contributed by atoms with van der Waals surface area (Å²) in [6, 6.07) is 8.96. The zero-order valence-corrected chi connectivity index (χ0v) is 15.2. The first-order valence-corrected chi connectivity index (χ1v) is 9.92. The van der Waals surface area contributed by atoms with Gasteiger partial charge in [0.05, 0.1) is 0 Å². The minimum atomic E-state index is -3.73. The van der Waals surface area contributed by atoms with Crippen molar-refractivity contribution in [1.29, 1.82) is 0 Å². The van der Waals surface area contributed by atoms with Gasteiger partial charge in [0.25, 0.3) is 15.9 Å². The number of furan rings is 1. The number of nitrogens with one attached hydrogen (secondary N) is 2. The Morgan fingerprint density at radius 3 is 2.42 bits per heavy atom. The Morgan fingerprint density at radius 1 is 1.15 bits per heavy atom. The van der Waals surface area contributed by atoms with E-state index in [0.717, 1.165) is 31.2 Å². The van der Waals surface area contributed by atoms with Crippen LogP contribution in [0.5, 0.6) is 0 Å². The summed E-state index contributed by atoms with van der Waals surface area (Å²) in [7, 11) is -2.46. The van der Waals surface area contributed by atoms with Crippen molar-refractivity contribution in [2.75, 3.05) is 13.6 Å². The van der Waals surface area contributed by atoms with Crippen LogP contribution in [-0.2, 0) is 15.4 Å². The maximum atomic E-state index is 13.2. The summed E-state index contributed by atoms with van der Waals surface area (Å²) < 4.78 is 43.9. The molecule has 1 saturated carbocycles. The molecule has 1 aliphatic rings. The average molecular weight is 380 g/mol. The first kappa shape index (κ1) is 18.6. The number of rotatable bonds is 6. The first-order chi connectivity index (χ1) is 12.4. The fraction of sp³-hybridized carbons (Fsp3) is 0.389. The van der Waals surface area contributed by atoms with E-state index in [4.69, 9.17) is 4.42 Å². The van der Waals surface area contributed by atoms with Gasteiger partial charge in [-0.1, -0.05) is 25.0 Å². The largest absolute Gasteiger partial charge is 0.438 e. The van der Waals surface area contributed by atoms with Crippen LogP contribution in [0.1, 0.15) is 41.8 Å². The van der Waals surface area contributed by atoms with E-state index in [9.17, 15) is 17.6 Å². The van der Waals surface area contributed by atoms with E-state index in [1.165, 1.54) is 31.3 Å². The molecule has 0 atom stereocenters. The minimum Gasteiger partial charge on any atom is -0.438 e. The predicted octanol–water partition coefficient (Wildman–Crippen LogP) is 2.57. The monoisotopic (exact) mass is 380 g/mol. The third-order valence-corrected chi connectivity index (χ3v) is 6.23. The molecule has 0 saturated heterocycles. The smallest absolute Gasteiger partial charge is 0.287 e. The summed E-state index contributed by atoms with van der Waals surface area (Å²) in [4.78, 5) is 12.4. The Kier molecular flexibility index (Phi) is 5.15. The number of carbonyl (C=O) groups is 1. The van der Waals surface area contributed by atoms with E-state index < -0.39 is 15.9 Å². The highest BCUT2D eigenvalue weighted by molar-refractivity contribution is 7.89. The molecule has 2 N–H and O–H groups in total. The third kappa shape index (κ3) is 3.66. The van der Waals surface area contributed by atoms with Crippen LogP contribution in [0, 0.1) is 5.82 Å². The second-order valence-corrected chi connectivity index (χ2v) is 8.32. The predicted molar refractivity (Wildman–Crippen MR) is 93.8 cm³/mol. The second kappa shape index (κ2) is 7.20. The number of hydrogen-bond donors (Lipinski definition) is 2. The molecule has 1 amide bonds. The summed E-state index contributed by atoms with van der Waals surface area (Å²) >= 11 is 0. The Balaban J connectivity index is 1.74. The lowest BCUT2D eigenvalue weighted by Crippen LogP contribution is -2.39. The number of amides is 1. The van der Waals surface area contributed by atoms with E-state index in [2.05, 4.69) is 10.0 Å². The topological polar surface area (TPSA) is 88.4 Å². The fourth-order valence-corrected chi connectivity index (χ4v) is 4.09. The lowest BCUT2D eigenvalue weighted by atomic mass is 9.79. The Labute approximate surface area is 151 Å². The van der Waals surface area contributed by atoms with Crippen LogP contribution < -0.4 is 10.0 Å². The molecule has 0 bridgehead atoms. The Morgan fingerprint density at radius 2 is 1.81 bits per heavy atom. The zero-order valence-electron chi connectivity index (χ0n) is 14.4. The SMILES string of the molecule is CNS(=O)(=O)c1ccc(C(=O)NCC2(c3ccc(F)cc3)CCCC2)o1. The maximum absolute atomic E-state index is 13.2. The number of hydrogen-bond acceptors (Lipinski definition) is 4. The van der Waals surface area contributed by atoms with Crippen LogP contribution in [-0.4, -0.2) is 27.9 Å². The van der Waals surface area contributed by atoms with Crippen molar-refractivity contribution in [2.45, 2.75) is 36.2 Å². The molecule has 1 aromatic carbocycles. The number of carbonyl (C=O) groups excluding carboxylic acids is 1. The normalized spacial score (nSPS) is 16.5. The Hall–Kier alpha value is -2.19. The van der Waals surface area contributed by atoms with Crippen LogP contribution in [0.4, 0.5) is 4.39 Å². The van der Waals surface area contributed by atoms with E-state index >= 15 is 0 Å². The molecule has 26 heavy (non-hydrogen) atoms. The van der Waals surface area contributed by atoms with Crippen molar-refractivity contribution in [3.05, 3.63) is 53.5 Å². The van der Waals surface area contributed by atoms with Gasteiger partial charge in [-0.25, -0.2) is 17.5 Å². The van der Waals surface area contributed by atoms with Gasteiger partial charge in [-0.3, -0.25) is 4.79 Å². The molecule has 3 rings (SSSR count).